The Morgan fingerprint density at radius 3 is 2.50 bits per heavy atom. The second-order valence-corrected chi connectivity index (χ2v) is 4.10. The van der Waals surface area contributed by atoms with E-state index in [1.54, 1.807) is 36.5 Å². The molecule has 106 valence electrons. The minimum absolute atomic E-state index is 0.239. The molecule has 1 aromatic carbocycles. The quantitative estimate of drug-likeness (QED) is 0.864. The smallest absolute Gasteiger partial charge is 0.406 e. The maximum atomic E-state index is 12.1. The predicted molar refractivity (Wildman–Crippen MR) is 67.3 cm³/mol. The summed E-state index contributed by atoms with van der Waals surface area (Å²) in [6, 6.07) is 7.51. The van der Waals surface area contributed by atoms with Crippen LogP contribution >= 0.6 is 0 Å². The lowest BCUT2D eigenvalue weighted by molar-refractivity contribution is -0.274. The first-order chi connectivity index (χ1) is 9.44. The van der Waals surface area contributed by atoms with Crippen molar-refractivity contribution in [1.82, 2.24) is 9.97 Å². The maximum absolute atomic E-state index is 12.1. The topological polar surface area (TPSA) is 38.2 Å². The van der Waals surface area contributed by atoms with Crippen LogP contribution in [0.1, 0.15) is 5.56 Å². The van der Waals surface area contributed by atoms with Crippen molar-refractivity contribution >= 4 is 5.95 Å². The van der Waals surface area contributed by atoms with Crippen LogP contribution in [0.4, 0.5) is 19.1 Å². The van der Waals surface area contributed by atoms with Crippen molar-refractivity contribution in [1.29, 1.82) is 0 Å². The second kappa shape index (κ2) is 5.77. The van der Waals surface area contributed by atoms with E-state index in [4.69, 9.17) is 0 Å². The maximum Gasteiger partial charge on any atom is 0.573 e. The molecule has 0 aliphatic rings. The van der Waals surface area contributed by atoms with Gasteiger partial charge in [-0.05, 0) is 23.8 Å². The van der Waals surface area contributed by atoms with Crippen LogP contribution in [0.15, 0.2) is 42.7 Å². The van der Waals surface area contributed by atoms with Crippen molar-refractivity contribution in [2.24, 2.45) is 0 Å². The molecule has 0 aliphatic heterocycles. The second-order valence-electron chi connectivity index (χ2n) is 4.10. The molecule has 0 saturated carbocycles. The fourth-order valence-electron chi connectivity index (χ4n) is 1.67. The first-order valence-corrected chi connectivity index (χ1v) is 5.77. The van der Waals surface area contributed by atoms with Gasteiger partial charge in [-0.1, -0.05) is 12.1 Å². The molecule has 4 nitrogen and oxygen atoms in total. The zero-order valence-corrected chi connectivity index (χ0v) is 10.6. The monoisotopic (exact) mass is 283 g/mol. The minimum atomic E-state index is -4.69. The van der Waals surface area contributed by atoms with Gasteiger partial charge >= 0.3 is 6.36 Å². The molecule has 7 heteroatoms. The molecule has 0 amide bonds. The molecular formula is C13H12F3N3O. The van der Waals surface area contributed by atoms with Crippen LogP contribution in [0, 0.1) is 0 Å². The van der Waals surface area contributed by atoms with Crippen molar-refractivity contribution in [3.05, 3.63) is 48.3 Å². The van der Waals surface area contributed by atoms with Crippen LogP contribution in [0.3, 0.4) is 0 Å². The number of aromatic nitrogens is 2. The van der Waals surface area contributed by atoms with Crippen LogP contribution in [-0.4, -0.2) is 23.4 Å². The molecule has 0 bridgehead atoms. The van der Waals surface area contributed by atoms with Gasteiger partial charge < -0.3 is 9.64 Å². The SMILES string of the molecule is CN(Cc1cccc(OC(F)(F)F)c1)c1ncccn1. The van der Waals surface area contributed by atoms with Crippen LogP contribution in [0.2, 0.25) is 0 Å². The molecule has 0 N–H and O–H groups in total. The summed E-state index contributed by atoms with van der Waals surface area (Å²) in [5.41, 5.74) is 0.668. The van der Waals surface area contributed by atoms with E-state index >= 15 is 0 Å². The summed E-state index contributed by atoms with van der Waals surface area (Å²) in [6.07, 6.45) is -1.49. The normalized spacial score (nSPS) is 11.2. The van der Waals surface area contributed by atoms with Gasteiger partial charge in [-0.25, -0.2) is 9.97 Å². The lowest BCUT2D eigenvalue weighted by Crippen LogP contribution is -2.19. The Morgan fingerprint density at radius 1 is 1.15 bits per heavy atom. The molecule has 1 aromatic heterocycles. The Labute approximate surface area is 113 Å². The minimum Gasteiger partial charge on any atom is -0.406 e. The molecule has 20 heavy (non-hydrogen) atoms. The highest BCUT2D eigenvalue weighted by molar-refractivity contribution is 5.34. The number of benzene rings is 1. The number of hydrogen-bond acceptors (Lipinski definition) is 4. The van der Waals surface area contributed by atoms with Gasteiger partial charge in [0.05, 0.1) is 0 Å². The summed E-state index contributed by atoms with van der Waals surface area (Å²) >= 11 is 0. The van der Waals surface area contributed by atoms with Gasteiger partial charge in [-0.2, -0.15) is 0 Å². The zero-order chi connectivity index (χ0) is 14.6. The Kier molecular flexibility index (Phi) is 4.07. The Bertz CT molecular complexity index is 560. The summed E-state index contributed by atoms with van der Waals surface area (Å²) < 4.78 is 40.3. The average molecular weight is 283 g/mol. The van der Waals surface area contributed by atoms with E-state index in [2.05, 4.69) is 14.7 Å². The molecule has 0 atom stereocenters. The Morgan fingerprint density at radius 2 is 1.85 bits per heavy atom. The van der Waals surface area contributed by atoms with Crippen molar-refractivity contribution < 1.29 is 17.9 Å². The van der Waals surface area contributed by atoms with Crippen LogP contribution < -0.4 is 9.64 Å². The van der Waals surface area contributed by atoms with Crippen molar-refractivity contribution in [2.45, 2.75) is 12.9 Å². The fourth-order valence-corrected chi connectivity index (χ4v) is 1.67. The van der Waals surface area contributed by atoms with E-state index in [1.807, 2.05) is 0 Å². The first kappa shape index (κ1) is 14.1. The van der Waals surface area contributed by atoms with Crippen molar-refractivity contribution in [3.8, 4) is 5.75 Å². The standard InChI is InChI=1S/C13H12F3N3O/c1-19(12-17-6-3-7-18-12)9-10-4-2-5-11(8-10)20-13(14,15)16/h2-8H,9H2,1H3. The lowest BCUT2D eigenvalue weighted by atomic mass is 10.2. The molecule has 2 rings (SSSR count). The Hall–Kier alpha value is -2.31. The largest absolute Gasteiger partial charge is 0.573 e. The van der Waals surface area contributed by atoms with Crippen LogP contribution in [-0.2, 0) is 6.54 Å². The molecule has 0 saturated heterocycles. The van der Waals surface area contributed by atoms with Crippen LogP contribution in [0.25, 0.3) is 0 Å². The number of hydrogen-bond donors (Lipinski definition) is 0. The third-order valence-corrected chi connectivity index (χ3v) is 2.45. The molecule has 0 spiro atoms. The van der Waals surface area contributed by atoms with Gasteiger partial charge in [0, 0.05) is 26.0 Å². The van der Waals surface area contributed by atoms with E-state index in [-0.39, 0.29) is 5.75 Å². The average Bonchev–Trinajstić information content (AvgIpc) is 2.38. The number of ether oxygens (including phenoxy) is 1. The van der Waals surface area contributed by atoms with Gasteiger partial charge in [-0.15, -0.1) is 13.2 Å². The molecule has 0 unspecified atom stereocenters. The fraction of sp³-hybridized carbons (Fsp3) is 0.231. The van der Waals surface area contributed by atoms with Gasteiger partial charge in [0.2, 0.25) is 5.95 Å². The summed E-state index contributed by atoms with van der Waals surface area (Å²) in [4.78, 5) is 9.85. The number of alkyl halides is 3. The van der Waals surface area contributed by atoms with E-state index in [1.165, 1.54) is 18.2 Å². The molecule has 0 fully saturated rings. The number of nitrogens with zero attached hydrogens (tertiary/aromatic N) is 3. The molecule has 0 radical (unpaired) electrons. The van der Waals surface area contributed by atoms with Gasteiger partial charge in [0.1, 0.15) is 5.75 Å². The summed E-state index contributed by atoms with van der Waals surface area (Å²) in [7, 11) is 1.76. The highest BCUT2D eigenvalue weighted by atomic mass is 19.4. The van der Waals surface area contributed by atoms with Gasteiger partial charge in [0.25, 0.3) is 0 Å². The highest BCUT2D eigenvalue weighted by Crippen LogP contribution is 2.23. The zero-order valence-electron chi connectivity index (χ0n) is 10.6. The van der Waals surface area contributed by atoms with E-state index in [0.717, 1.165) is 0 Å². The van der Waals surface area contributed by atoms with E-state index in [9.17, 15) is 13.2 Å². The molecule has 0 aliphatic carbocycles. The molecular weight excluding hydrogens is 271 g/mol. The van der Waals surface area contributed by atoms with Crippen molar-refractivity contribution in [2.75, 3.05) is 11.9 Å². The number of rotatable bonds is 4. The molecule has 2 aromatic rings. The number of anilines is 1. The summed E-state index contributed by atoms with van der Waals surface area (Å²) in [5, 5.41) is 0. The van der Waals surface area contributed by atoms with Crippen molar-refractivity contribution in [3.63, 3.8) is 0 Å². The predicted octanol–water partition coefficient (Wildman–Crippen LogP) is 3.01. The molecule has 1 heterocycles. The first-order valence-electron chi connectivity index (χ1n) is 5.77. The third kappa shape index (κ3) is 4.11. The van der Waals surface area contributed by atoms with E-state index in [0.29, 0.717) is 18.1 Å². The number of halogens is 3. The van der Waals surface area contributed by atoms with E-state index < -0.39 is 6.36 Å². The highest BCUT2D eigenvalue weighted by Gasteiger charge is 2.31. The van der Waals surface area contributed by atoms with Gasteiger partial charge in [0.15, 0.2) is 0 Å². The lowest BCUT2D eigenvalue weighted by Gasteiger charge is -2.17. The van der Waals surface area contributed by atoms with Gasteiger partial charge in [-0.3, -0.25) is 0 Å². The summed E-state index contributed by atoms with van der Waals surface area (Å²) in [6.45, 7) is 0.374. The Balaban J connectivity index is 2.08. The summed E-state index contributed by atoms with van der Waals surface area (Å²) in [5.74, 6) is 0.257. The van der Waals surface area contributed by atoms with Crippen LogP contribution in [0.5, 0.6) is 5.75 Å². The third-order valence-electron chi connectivity index (χ3n) is 2.45.